The van der Waals surface area contributed by atoms with Crippen LogP contribution >= 0.6 is 0 Å². The van der Waals surface area contributed by atoms with Gasteiger partial charge in [-0.15, -0.1) is 0 Å². The van der Waals surface area contributed by atoms with Gasteiger partial charge in [0.05, 0.1) is 17.9 Å². The van der Waals surface area contributed by atoms with Crippen LogP contribution in [0.5, 0.6) is 0 Å². The van der Waals surface area contributed by atoms with E-state index in [0.717, 1.165) is 44.5 Å². The number of anilines is 1. The molecule has 1 aromatic heterocycles. The third kappa shape index (κ3) is 3.77. The van der Waals surface area contributed by atoms with Crippen LogP contribution in [-0.4, -0.2) is 45.9 Å². The second-order valence-electron chi connectivity index (χ2n) is 9.29. The second-order valence-corrected chi connectivity index (χ2v) is 9.29. The SMILES string of the molecule is Nc1ncc(-c2cccc(CN[C@H]3CCc4ccccc43)c2)nc1C(=O)N[C@@H]1CN2CCC12. The van der Waals surface area contributed by atoms with Crippen LogP contribution in [0, 0.1) is 0 Å². The summed E-state index contributed by atoms with van der Waals surface area (Å²) in [5, 5.41) is 6.78. The Morgan fingerprint density at radius 3 is 2.88 bits per heavy atom. The third-order valence-electron chi connectivity index (χ3n) is 7.32. The fourth-order valence-electron chi connectivity index (χ4n) is 5.31. The molecular weight excluding hydrogens is 412 g/mol. The molecule has 2 aliphatic heterocycles. The van der Waals surface area contributed by atoms with E-state index in [0.29, 0.717) is 17.8 Å². The van der Waals surface area contributed by atoms with Crippen molar-refractivity contribution in [1.29, 1.82) is 0 Å². The molecular formula is C26H28N6O. The lowest BCUT2D eigenvalue weighted by molar-refractivity contribution is -0.0371. The number of carbonyl (C=O) groups is 1. The Labute approximate surface area is 193 Å². The molecule has 2 fully saturated rings. The monoisotopic (exact) mass is 440 g/mol. The van der Waals surface area contributed by atoms with Crippen molar-refractivity contribution in [2.24, 2.45) is 0 Å². The highest BCUT2D eigenvalue weighted by Crippen LogP contribution is 2.32. The van der Waals surface area contributed by atoms with Crippen molar-refractivity contribution < 1.29 is 4.79 Å². The molecule has 1 amide bonds. The molecule has 2 saturated heterocycles. The van der Waals surface area contributed by atoms with Crippen LogP contribution in [0.1, 0.15) is 46.1 Å². The lowest BCUT2D eigenvalue weighted by Gasteiger charge is -2.56. The van der Waals surface area contributed by atoms with Crippen molar-refractivity contribution >= 4 is 11.7 Å². The normalized spacial score (nSPS) is 23.2. The first kappa shape index (κ1) is 20.3. The molecule has 168 valence electrons. The van der Waals surface area contributed by atoms with E-state index in [9.17, 15) is 4.79 Å². The molecule has 0 saturated carbocycles. The van der Waals surface area contributed by atoms with Gasteiger partial charge in [-0.1, -0.05) is 42.5 Å². The first-order valence-corrected chi connectivity index (χ1v) is 11.7. The van der Waals surface area contributed by atoms with Gasteiger partial charge in [0.2, 0.25) is 0 Å². The molecule has 2 aromatic carbocycles. The van der Waals surface area contributed by atoms with Gasteiger partial charge >= 0.3 is 0 Å². The average Bonchev–Trinajstić information content (AvgIpc) is 3.24. The molecule has 7 nitrogen and oxygen atoms in total. The molecule has 3 heterocycles. The number of nitrogens with two attached hydrogens (primary N) is 1. The molecule has 4 N–H and O–H groups in total. The van der Waals surface area contributed by atoms with Crippen LogP contribution in [-0.2, 0) is 13.0 Å². The minimum atomic E-state index is -0.240. The molecule has 3 atom stereocenters. The molecule has 33 heavy (non-hydrogen) atoms. The van der Waals surface area contributed by atoms with Crippen LogP contribution in [0.2, 0.25) is 0 Å². The Balaban J connectivity index is 1.16. The Morgan fingerprint density at radius 1 is 1.15 bits per heavy atom. The molecule has 3 aliphatic rings. The Bertz CT molecular complexity index is 1210. The largest absolute Gasteiger partial charge is 0.382 e. The summed E-state index contributed by atoms with van der Waals surface area (Å²) in [5.74, 6) is -0.0742. The fraction of sp³-hybridized carbons (Fsp3) is 0.346. The number of hydrogen-bond acceptors (Lipinski definition) is 6. The molecule has 0 spiro atoms. The molecule has 1 unspecified atom stereocenters. The minimum Gasteiger partial charge on any atom is -0.382 e. The number of benzene rings is 2. The number of aryl methyl sites for hydroxylation is 1. The summed E-state index contributed by atoms with van der Waals surface area (Å²) in [6.07, 6.45) is 5.03. The lowest BCUT2D eigenvalue weighted by Crippen LogP contribution is -2.73. The van der Waals surface area contributed by atoms with E-state index in [1.807, 2.05) is 12.1 Å². The number of fused-ring (bicyclic) bond motifs is 2. The second kappa shape index (κ2) is 8.24. The van der Waals surface area contributed by atoms with E-state index in [1.54, 1.807) is 6.20 Å². The standard InChI is InChI=1S/C26H28N6O/c27-25-24(26(33)31-22-15-32-11-10-23(22)32)30-21(14-29-25)18-6-3-4-16(12-18)13-28-20-9-8-17-5-1-2-7-19(17)20/h1-7,12,14,20,22-23,28H,8-11,13,15H2,(H2,27,29)(H,31,33)/t20-,22+,23?/m0/s1. The summed E-state index contributed by atoms with van der Waals surface area (Å²) in [7, 11) is 0. The Morgan fingerprint density at radius 2 is 2.06 bits per heavy atom. The predicted octanol–water partition coefficient (Wildman–Crippen LogP) is 2.69. The maximum absolute atomic E-state index is 12.8. The lowest BCUT2D eigenvalue weighted by atomic mass is 9.85. The highest BCUT2D eigenvalue weighted by molar-refractivity contribution is 5.97. The maximum Gasteiger partial charge on any atom is 0.274 e. The summed E-state index contributed by atoms with van der Waals surface area (Å²) >= 11 is 0. The quantitative estimate of drug-likeness (QED) is 0.545. The van der Waals surface area contributed by atoms with E-state index in [2.05, 4.69) is 61.9 Å². The highest BCUT2D eigenvalue weighted by atomic mass is 16.2. The number of aromatic nitrogens is 2. The molecule has 0 radical (unpaired) electrons. The van der Waals surface area contributed by atoms with E-state index < -0.39 is 0 Å². The van der Waals surface area contributed by atoms with Crippen LogP contribution < -0.4 is 16.4 Å². The van der Waals surface area contributed by atoms with Crippen molar-refractivity contribution in [1.82, 2.24) is 25.5 Å². The third-order valence-corrected chi connectivity index (χ3v) is 7.32. The van der Waals surface area contributed by atoms with Crippen molar-refractivity contribution in [2.75, 3.05) is 18.8 Å². The summed E-state index contributed by atoms with van der Waals surface area (Å²) in [6, 6.07) is 17.9. The van der Waals surface area contributed by atoms with Crippen LogP contribution in [0.3, 0.4) is 0 Å². The maximum atomic E-state index is 12.8. The smallest absolute Gasteiger partial charge is 0.274 e. The van der Waals surface area contributed by atoms with Gasteiger partial charge in [-0.3, -0.25) is 9.69 Å². The Hall–Kier alpha value is -3.29. The summed E-state index contributed by atoms with van der Waals surface area (Å²) in [6.45, 7) is 2.80. The number of piperidine rings is 1. The molecule has 1 aliphatic carbocycles. The summed E-state index contributed by atoms with van der Waals surface area (Å²) < 4.78 is 0. The fourth-order valence-corrected chi connectivity index (χ4v) is 5.31. The number of carbonyl (C=O) groups excluding carboxylic acids is 1. The van der Waals surface area contributed by atoms with E-state index in [1.165, 1.54) is 16.7 Å². The number of amides is 1. The number of nitrogens with zero attached hydrogens (tertiary/aromatic N) is 3. The van der Waals surface area contributed by atoms with Crippen molar-refractivity contribution in [3.63, 3.8) is 0 Å². The molecule has 0 bridgehead atoms. The van der Waals surface area contributed by atoms with Gasteiger partial charge in [-0.25, -0.2) is 9.97 Å². The van der Waals surface area contributed by atoms with Crippen molar-refractivity contribution in [2.45, 2.75) is 43.9 Å². The number of rotatable bonds is 6. The number of nitrogen functional groups attached to an aromatic ring is 1. The zero-order valence-electron chi connectivity index (χ0n) is 18.5. The van der Waals surface area contributed by atoms with Crippen LogP contribution in [0.4, 0.5) is 5.82 Å². The van der Waals surface area contributed by atoms with Crippen LogP contribution in [0.25, 0.3) is 11.3 Å². The van der Waals surface area contributed by atoms with E-state index in [-0.39, 0.29) is 23.5 Å². The predicted molar refractivity (Wildman–Crippen MR) is 127 cm³/mol. The number of nitrogens with one attached hydrogen (secondary N) is 2. The first-order chi connectivity index (χ1) is 16.2. The van der Waals surface area contributed by atoms with Gasteiger partial charge < -0.3 is 16.4 Å². The molecule has 7 heteroatoms. The molecule has 3 aromatic rings. The average molecular weight is 441 g/mol. The van der Waals surface area contributed by atoms with Gasteiger partial charge in [0.1, 0.15) is 0 Å². The van der Waals surface area contributed by atoms with Crippen LogP contribution in [0.15, 0.2) is 54.7 Å². The zero-order chi connectivity index (χ0) is 22.4. The topological polar surface area (TPSA) is 96.2 Å². The van der Waals surface area contributed by atoms with E-state index in [4.69, 9.17) is 5.73 Å². The first-order valence-electron chi connectivity index (χ1n) is 11.7. The number of hydrogen-bond donors (Lipinski definition) is 3. The molecule has 6 rings (SSSR count). The van der Waals surface area contributed by atoms with Gasteiger partial charge in [0.15, 0.2) is 11.5 Å². The van der Waals surface area contributed by atoms with Gasteiger partial charge in [-0.2, -0.15) is 0 Å². The Kier molecular flexibility index (Phi) is 5.08. The van der Waals surface area contributed by atoms with E-state index >= 15 is 0 Å². The minimum absolute atomic E-state index is 0.166. The van der Waals surface area contributed by atoms with Gasteiger partial charge in [0.25, 0.3) is 5.91 Å². The van der Waals surface area contributed by atoms with Crippen molar-refractivity contribution in [3.8, 4) is 11.3 Å². The highest BCUT2D eigenvalue weighted by Gasteiger charge is 2.45. The van der Waals surface area contributed by atoms with Gasteiger partial charge in [-0.05, 0) is 42.0 Å². The van der Waals surface area contributed by atoms with Gasteiger partial charge in [0, 0.05) is 37.3 Å². The zero-order valence-corrected chi connectivity index (χ0v) is 18.5. The summed E-state index contributed by atoms with van der Waals surface area (Å²) in [4.78, 5) is 24.0. The van der Waals surface area contributed by atoms with Crippen molar-refractivity contribution in [3.05, 3.63) is 77.1 Å². The summed E-state index contributed by atoms with van der Waals surface area (Å²) in [5.41, 5.74) is 11.8.